The van der Waals surface area contributed by atoms with Crippen LogP contribution < -0.4 is 9.83 Å². The van der Waals surface area contributed by atoms with Gasteiger partial charge >= 0.3 is 11.9 Å². The molecular weight excluding hydrogens is 403 g/mol. The van der Waals surface area contributed by atoms with Gasteiger partial charge in [0, 0.05) is 5.56 Å². The largest absolute Gasteiger partial charge is 0.465 e. The van der Waals surface area contributed by atoms with E-state index >= 15 is 0 Å². The van der Waals surface area contributed by atoms with E-state index in [4.69, 9.17) is 14.0 Å². The van der Waals surface area contributed by atoms with E-state index < -0.39 is 19.3 Å². The Balaban J connectivity index is 1.85. The van der Waals surface area contributed by atoms with Crippen LogP contribution in [0.4, 0.5) is 0 Å². The van der Waals surface area contributed by atoms with Gasteiger partial charge in [0.2, 0.25) is 0 Å². The molecule has 0 amide bonds. The predicted molar refractivity (Wildman–Crippen MR) is 113 cm³/mol. The molecule has 0 bridgehead atoms. The van der Waals surface area contributed by atoms with Gasteiger partial charge in [0.25, 0.3) is 7.37 Å². The first-order valence-corrected chi connectivity index (χ1v) is 11.0. The van der Waals surface area contributed by atoms with E-state index in [9.17, 15) is 14.2 Å². The van der Waals surface area contributed by atoms with Crippen LogP contribution in [0.1, 0.15) is 26.3 Å². The molecule has 3 aromatic carbocycles. The summed E-state index contributed by atoms with van der Waals surface area (Å²) in [5.41, 5.74) is 2.54. The highest BCUT2D eigenvalue weighted by atomic mass is 31.2. The number of ether oxygens (including phenoxy) is 2. The Bertz CT molecular complexity index is 1200. The van der Waals surface area contributed by atoms with Crippen molar-refractivity contribution in [3.63, 3.8) is 0 Å². The fourth-order valence-corrected chi connectivity index (χ4v) is 5.99. The summed E-state index contributed by atoms with van der Waals surface area (Å²) in [6.07, 6.45) is -0.0758. The first kappa shape index (κ1) is 19.9. The lowest BCUT2D eigenvalue weighted by Crippen LogP contribution is -2.20. The molecule has 1 unspecified atom stereocenters. The van der Waals surface area contributed by atoms with Gasteiger partial charge in [0.05, 0.1) is 36.8 Å². The Morgan fingerprint density at radius 2 is 1.53 bits per heavy atom. The molecule has 1 atom stereocenters. The Labute approximate surface area is 173 Å². The molecule has 1 aliphatic heterocycles. The SMILES string of the molecule is COC(=O)c1ccc(C(=O)OC)c(CP2(=O)Oc3ccccc3-c3ccccc32)c1. The summed E-state index contributed by atoms with van der Waals surface area (Å²) in [5, 5.41) is 0.572. The number of rotatable bonds is 4. The molecule has 0 aliphatic carbocycles. The van der Waals surface area contributed by atoms with E-state index in [1.165, 1.54) is 32.4 Å². The Morgan fingerprint density at radius 3 is 2.27 bits per heavy atom. The summed E-state index contributed by atoms with van der Waals surface area (Å²) in [6, 6.07) is 19.2. The van der Waals surface area contributed by atoms with Crippen LogP contribution in [0.2, 0.25) is 0 Å². The molecule has 0 spiro atoms. The zero-order chi connectivity index (χ0) is 21.3. The maximum atomic E-state index is 14.1. The van der Waals surface area contributed by atoms with Crippen LogP contribution in [0.25, 0.3) is 11.1 Å². The number of carbonyl (C=O) groups is 2. The Hall–Kier alpha value is -3.37. The lowest BCUT2D eigenvalue weighted by molar-refractivity contribution is 0.0586. The first-order valence-electron chi connectivity index (χ1n) is 9.24. The van der Waals surface area contributed by atoms with Crippen LogP contribution in [-0.4, -0.2) is 26.2 Å². The number of benzene rings is 3. The van der Waals surface area contributed by atoms with E-state index in [1.54, 1.807) is 18.2 Å². The number of fused-ring (bicyclic) bond motifs is 3. The second kappa shape index (κ2) is 7.81. The number of carbonyl (C=O) groups excluding carboxylic acids is 2. The maximum Gasteiger partial charge on any atom is 0.338 e. The minimum atomic E-state index is -3.45. The Morgan fingerprint density at radius 1 is 0.867 bits per heavy atom. The number of hydrogen-bond donors (Lipinski definition) is 0. The number of para-hydroxylation sites is 1. The second-order valence-corrected chi connectivity index (χ2v) is 9.12. The lowest BCUT2D eigenvalue weighted by atomic mass is 10.0. The summed E-state index contributed by atoms with van der Waals surface area (Å²) in [6.45, 7) is 0. The van der Waals surface area contributed by atoms with Crippen LogP contribution in [-0.2, 0) is 20.2 Å². The van der Waals surface area contributed by atoms with Crippen LogP contribution in [0.15, 0.2) is 66.7 Å². The predicted octanol–water partition coefficient (Wildman–Crippen LogP) is 4.42. The molecule has 6 nitrogen and oxygen atoms in total. The van der Waals surface area contributed by atoms with E-state index in [1.807, 2.05) is 30.3 Å². The van der Waals surface area contributed by atoms with Gasteiger partial charge in [-0.1, -0.05) is 36.4 Å². The van der Waals surface area contributed by atoms with Crippen molar-refractivity contribution in [2.24, 2.45) is 0 Å². The van der Waals surface area contributed by atoms with Gasteiger partial charge in [-0.15, -0.1) is 0 Å². The third-order valence-electron chi connectivity index (χ3n) is 5.00. The molecule has 1 heterocycles. The zero-order valence-electron chi connectivity index (χ0n) is 16.5. The summed E-state index contributed by atoms with van der Waals surface area (Å²) >= 11 is 0. The molecule has 0 fully saturated rings. The van der Waals surface area contributed by atoms with Gasteiger partial charge < -0.3 is 14.0 Å². The van der Waals surface area contributed by atoms with Crippen LogP contribution in [0, 0.1) is 0 Å². The van der Waals surface area contributed by atoms with E-state index in [0.29, 0.717) is 16.6 Å². The number of hydrogen-bond acceptors (Lipinski definition) is 6. The van der Waals surface area contributed by atoms with Crippen molar-refractivity contribution in [3.8, 4) is 16.9 Å². The second-order valence-electron chi connectivity index (χ2n) is 6.79. The minimum absolute atomic E-state index is 0.0758. The summed E-state index contributed by atoms with van der Waals surface area (Å²) in [7, 11) is -0.911. The van der Waals surface area contributed by atoms with Crippen molar-refractivity contribution in [2.75, 3.05) is 14.2 Å². The molecule has 4 rings (SSSR count). The fraction of sp³-hybridized carbons (Fsp3) is 0.130. The molecule has 152 valence electrons. The van der Waals surface area contributed by atoms with Crippen molar-refractivity contribution in [1.82, 2.24) is 0 Å². The molecule has 0 saturated heterocycles. The van der Waals surface area contributed by atoms with Crippen molar-refractivity contribution in [1.29, 1.82) is 0 Å². The highest BCUT2D eigenvalue weighted by Crippen LogP contribution is 2.56. The minimum Gasteiger partial charge on any atom is -0.465 e. The molecule has 7 heteroatoms. The standard InChI is InChI=1S/C23H19O6P/c1-27-22(24)15-11-12-17(23(25)28-2)16(13-15)14-30(26)21-10-6-4-8-19(21)18-7-3-5-9-20(18)29-30/h3-13H,14H2,1-2H3. The highest BCUT2D eigenvalue weighted by Gasteiger charge is 2.37. The third-order valence-corrected chi connectivity index (χ3v) is 7.38. The lowest BCUT2D eigenvalue weighted by Gasteiger charge is -2.29. The van der Waals surface area contributed by atoms with Crippen molar-refractivity contribution in [2.45, 2.75) is 6.16 Å². The summed E-state index contributed by atoms with van der Waals surface area (Å²) < 4.78 is 29.8. The molecule has 0 N–H and O–H groups in total. The van der Waals surface area contributed by atoms with Crippen molar-refractivity contribution in [3.05, 3.63) is 83.4 Å². The number of methoxy groups -OCH3 is 2. The average molecular weight is 422 g/mol. The molecule has 0 radical (unpaired) electrons. The van der Waals surface area contributed by atoms with Gasteiger partial charge in [0.15, 0.2) is 0 Å². The van der Waals surface area contributed by atoms with Crippen molar-refractivity contribution < 1.29 is 28.2 Å². The Kier molecular flexibility index (Phi) is 5.18. The molecular formula is C23H19O6P. The van der Waals surface area contributed by atoms with Gasteiger partial charge in [-0.2, -0.15) is 0 Å². The molecule has 1 aliphatic rings. The monoisotopic (exact) mass is 422 g/mol. The van der Waals surface area contributed by atoms with Gasteiger partial charge in [0.1, 0.15) is 5.75 Å². The third kappa shape index (κ3) is 3.40. The van der Waals surface area contributed by atoms with E-state index in [2.05, 4.69) is 0 Å². The first-order chi connectivity index (χ1) is 14.5. The van der Waals surface area contributed by atoms with Crippen molar-refractivity contribution >= 4 is 24.6 Å². The molecule has 30 heavy (non-hydrogen) atoms. The number of esters is 2. The van der Waals surface area contributed by atoms with Crippen LogP contribution in [0.5, 0.6) is 5.75 Å². The van der Waals surface area contributed by atoms with E-state index in [0.717, 1.165) is 11.1 Å². The molecule has 3 aromatic rings. The van der Waals surface area contributed by atoms with Gasteiger partial charge in [-0.05, 0) is 41.5 Å². The quantitative estimate of drug-likeness (QED) is 0.457. The summed E-state index contributed by atoms with van der Waals surface area (Å²) in [5.74, 6) is -0.622. The average Bonchev–Trinajstić information content (AvgIpc) is 2.78. The molecule has 0 aromatic heterocycles. The fourth-order valence-electron chi connectivity index (χ4n) is 3.60. The van der Waals surface area contributed by atoms with Gasteiger partial charge in [-0.25, -0.2) is 9.59 Å². The zero-order valence-corrected chi connectivity index (χ0v) is 17.3. The highest BCUT2D eigenvalue weighted by molar-refractivity contribution is 7.67. The summed E-state index contributed by atoms with van der Waals surface area (Å²) in [4.78, 5) is 24.3. The maximum absolute atomic E-state index is 14.1. The molecule has 0 saturated carbocycles. The smallest absolute Gasteiger partial charge is 0.338 e. The van der Waals surface area contributed by atoms with E-state index in [-0.39, 0.29) is 17.3 Å². The van der Waals surface area contributed by atoms with Gasteiger partial charge in [-0.3, -0.25) is 4.57 Å². The normalized spacial score (nSPS) is 16.6. The van der Waals surface area contributed by atoms with Crippen LogP contribution >= 0.6 is 7.37 Å². The van der Waals surface area contributed by atoms with Crippen LogP contribution in [0.3, 0.4) is 0 Å². The topological polar surface area (TPSA) is 78.9 Å².